The number of carbonyl (C=O) groups excluding carboxylic acids is 2. The van der Waals surface area contributed by atoms with E-state index in [1.165, 1.54) is 13.2 Å². The molecule has 2 amide bonds. The molecule has 7 heteroatoms. The Labute approximate surface area is 192 Å². The number of benzene rings is 3. The minimum absolute atomic E-state index is 0.248. The lowest BCUT2D eigenvalue weighted by atomic mass is 10.0. The Morgan fingerprint density at radius 3 is 2.33 bits per heavy atom. The normalized spacial score (nSPS) is 10.6. The van der Waals surface area contributed by atoms with Gasteiger partial charge < -0.3 is 25.3 Å². The smallest absolute Gasteiger partial charge is 0.255 e. The topological polar surface area (TPSA) is 99.9 Å². The van der Waals surface area contributed by atoms with Crippen molar-refractivity contribution in [3.8, 4) is 17.2 Å². The van der Waals surface area contributed by atoms with Crippen LogP contribution < -0.4 is 25.3 Å². The predicted octanol–water partition coefficient (Wildman–Crippen LogP) is 3.81. The van der Waals surface area contributed by atoms with Gasteiger partial charge in [0.2, 0.25) is 5.91 Å². The number of primary amides is 1. The first-order valence-electron chi connectivity index (χ1n) is 10.3. The molecule has 0 atom stereocenters. The summed E-state index contributed by atoms with van der Waals surface area (Å²) in [6.45, 7) is -0.248. The Morgan fingerprint density at radius 1 is 0.909 bits per heavy atom. The van der Waals surface area contributed by atoms with E-state index in [0.717, 1.165) is 22.4 Å². The number of amides is 2. The van der Waals surface area contributed by atoms with Gasteiger partial charge >= 0.3 is 0 Å². The van der Waals surface area contributed by atoms with Gasteiger partial charge in [-0.1, -0.05) is 36.4 Å². The quantitative estimate of drug-likeness (QED) is 0.462. The van der Waals surface area contributed by atoms with Crippen molar-refractivity contribution in [3.63, 3.8) is 0 Å². The summed E-state index contributed by atoms with van der Waals surface area (Å²) in [5, 5.41) is 2.87. The summed E-state index contributed by atoms with van der Waals surface area (Å²) in [6, 6.07) is 20.7. The molecule has 170 valence electrons. The monoisotopic (exact) mass is 446 g/mol. The van der Waals surface area contributed by atoms with Crippen LogP contribution in [-0.2, 0) is 16.0 Å². The lowest BCUT2D eigenvalue weighted by molar-refractivity contribution is -0.120. The first-order chi connectivity index (χ1) is 16.0. The number of nitrogens with two attached hydrogens (primary N) is 1. The number of hydrogen-bond acceptors (Lipinski definition) is 5. The number of anilines is 1. The third kappa shape index (κ3) is 6.87. The fourth-order valence-corrected chi connectivity index (χ4v) is 3.22. The number of carbonyl (C=O) groups is 2. The van der Waals surface area contributed by atoms with E-state index in [9.17, 15) is 9.59 Å². The van der Waals surface area contributed by atoms with Crippen LogP contribution in [0.2, 0.25) is 0 Å². The van der Waals surface area contributed by atoms with E-state index in [2.05, 4.69) is 5.32 Å². The molecule has 0 unspecified atom stereocenters. The Morgan fingerprint density at radius 2 is 1.64 bits per heavy atom. The molecule has 3 N–H and O–H groups in total. The molecule has 0 fully saturated rings. The molecule has 0 saturated heterocycles. The average Bonchev–Trinajstić information content (AvgIpc) is 2.82. The Kier molecular flexibility index (Phi) is 8.07. The van der Waals surface area contributed by atoms with Crippen LogP contribution in [0.3, 0.4) is 0 Å². The summed E-state index contributed by atoms with van der Waals surface area (Å²) in [4.78, 5) is 23.4. The number of methoxy groups -OCH3 is 2. The van der Waals surface area contributed by atoms with Crippen molar-refractivity contribution in [1.29, 1.82) is 0 Å². The van der Waals surface area contributed by atoms with Crippen LogP contribution in [0.25, 0.3) is 6.08 Å². The van der Waals surface area contributed by atoms with Gasteiger partial charge in [0.25, 0.3) is 5.91 Å². The highest BCUT2D eigenvalue weighted by Crippen LogP contribution is 2.29. The predicted molar refractivity (Wildman–Crippen MR) is 128 cm³/mol. The zero-order chi connectivity index (χ0) is 23.6. The highest BCUT2D eigenvalue weighted by molar-refractivity contribution is 6.02. The van der Waals surface area contributed by atoms with E-state index in [0.29, 0.717) is 23.6 Å². The lowest BCUT2D eigenvalue weighted by Crippen LogP contribution is -2.20. The third-order valence-corrected chi connectivity index (χ3v) is 4.77. The van der Waals surface area contributed by atoms with Crippen molar-refractivity contribution in [1.82, 2.24) is 0 Å². The standard InChI is InChI=1S/C26H26N2O5/c1-31-22-12-10-21(16-20(22)14-18-6-4-3-5-7-18)28-26(30)13-9-19-8-11-23(24(15-19)32-2)33-17-25(27)29/h3-13,15-16H,14,17H2,1-2H3,(H2,27,29)(H,28,30)/b13-9+. The van der Waals surface area contributed by atoms with E-state index in [1.807, 2.05) is 42.5 Å². The zero-order valence-electron chi connectivity index (χ0n) is 18.5. The maximum Gasteiger partial charge on any atom is 0.255 e. The van der Waals surface area contributed by atoms with Gasteiger partial charge in [0, 0.05) is 23.7 Å². The van der Waals surface area contributed by atoms with Crippen LogP contribution in [0.5, 0.6) is 17.2 Å². The van der Waals surface area contributed by atoms with Gasteiger partial charge in [0.15, 0.2) is 18.1 Å². The molecule has 33 heavy (non-hydrogen) atoms. The van der Waals surface area contributed by atoms with Crippen molar-refractivity contribution >= 4 is 23.6 Å². The summed E-state index contributed by atoms with van der Waals surface area (Å²) in [7, 11) is 3.12. The first kappa shape index (κ1) is 23.4. The summed E-state index contributed by atoms with van der Waals surface area (Å²) in [5.74, 6) is 0.724. The molecule has 0 aliphatic heterocycles. The summed E-state index contributed by atoms with van der Waals surface area (Å²) in [6.07, 6.45) is 3.78. The highest BCUT2D eigenvalue weighted by Gasteiger charge is 2.09. The molecule has 3 aromatic rings. The Balaban J connectivity index is 1.69. The van der Waals surface area contributed by atoms with E-state index in [-0.39, 0.29) is 12.5 Å². The van der Waals surface area contributed by atoms with Crippen LogP contribution in [0.4, 0.5) is 5.69 Å². The van der Waals surface area contributed by atoms with Gasteiger partial charge in [-0.05, 0) is 47.5 Å². The van der Waals surface area contributed by atoms with E-state index in [4.69, 9.17) is 19.9 Å². The number of nitrogens with one attached hydrogen (secondary N) is 1. The minimum atomic E-state index is -0.580. The molecule has 0 radical (unpaired) electrons. The van der Waals surface area contributed by atoms with Gasteiger partial charge in [-0.2, -0.15) is 0 Å². The van der Waals surface area contributed by atoms with Gasteiger partial charge in [-0.15, -0.1) is 0 Å². The summed E-state index contributed by atoms with van der Waals surface area (Å²) in [5.41, 5.74) is 8.63. The van der Waals surface area contributed by atoms with Crippen molar-refractivity contribution in [2.45, 2.75) is 6.42 Å². The van der Waals surface area contributed by atoms with Crippen molar-refractivity contribution in [2.24, 2.45) is 5.73 Å². The van der Waals surface area contributed by atoms with E-state index >= 15 is 0 Å². The second-order valence-corrected chi connectivity index (χ2v) is 7.18. The van der Waals surface area contributed by atoms with E-state index < -0.39 is 5.91 Å². The van der Waals surface area contributed by atoms with Crippen molar-refractivity contribution in [2.75, 3.05) is 26.1 Å². The molecular weight excluding hydrogens is 420 g/mol. The number of rotatable bonds is 10. The first-order valence-corrected chi connectivity index (χ1v) is 10.3. The lowest BCUT2D eigenvalue weighted by Gasteiger charge is -2.11. The second kappa shape index (κ2) is 11.4. The molecule has 0 aliphatic carbocycles. The molecule has 0 spiro atoms. The summed E-state index contributed by atoms with van der Waals surface area (Å²) < 4.78 is 16.1. The molecule has 0 heterocycles. The average molecular weight is 447 g/mol. The van der Waals surface area contributed by atoms with Crippen molar-refractivity contribution in [3.05, 3.63) is 89.5 Å². The minimum Gasteiger partial charge on any atom is -0.496 e. The van der Waals surface area contributed by atoms with Crippen LogP contribution >= 0.6 is 0 Å². The molecular formula is C26H26N2O5. The maximum atomic E-state index is 12.5. The number of hydrogen-bond donors (Lipinski definition) is 2. The zero-order valence-corrected chi connectivity index (χ0v) is 18.5. The third-order valence-electron chi connectivity index (χ3n) is 4.77. The van der Waals surface area contributed by atoms with Crippen LogP contribution in [-0.4, -0.2) is 32.6 Å². The molecule has 7 nitrogen and oxygen atoms in total. The van der Waals surface area contributed by atoms with Gasteiger partial charge in [0.1, 0.15) is 5.75 Å². The summed E-state index contributed by atoms with van der Waals surface area (Å²) >= 11 is 0. The van der Waals surface area contributed by atoms with Gasteiger partial charge in [-0.3, -0.25) is 9.59 Å². The van der Waals surface area contributed by atoms with Crippen LogP contribution in [0.1, 0.15) is 16.7 Å². The molecule has 3 rings (SSSR count). The molecule has 0 bridgehead atoms. The number of ether oxygens (including phenoxy) is 3. The SMILES string of the molecule is COc1ccc(NC(=O)/C=C/c2ccc(OCC(N)=O)c(OC)c2)cc1Cc1ccccc1. The van der Waals surface area contributed by atoms with Crippen molar-refractivity contribution < 1.29 is 23.8 Å². The fourth-order valence-electron chi connectivity index (χ4n) is 3.22. The molecule has 0 aliphatic rings. The highest BCUT2D eigenvalue weighted by atomic mass is 16.5. The van der Waals surface area contributed by atoms with Gasteiger partial charge in [-0.25, -0.2) is 0 Å². The van der Waals surface area contributed by atoms with Crippen LogP contribution in [0, 0.1) is 0 Å². The molecule has 0 aromatic heterocycles. The molecule has 3 aromatic carbocycles. The largest absolute Gasteiger partial charge is 0.496 e. The molecule has 0 saturated carbocycles. The van der Waals surface area contributed by atoms with Gasteiger partial charge in [0.05, 0.1) is 14.2 Å². The Hall–Kier alpha value is -4.26. The second-order valence-electron chi connectivity index (χ2n) is 7.18. The van der Waals surface area contributed by atoms with Crippen LogP contribution in [0.15, 0.2) is 72.8 Å². The maximum absolute atomic E-state index is 12.5. The Bertz CT molecular complexity index is 1140. The fraction of sp³-hybridized carbons (Fsp3) is 0.154. The van der Waals surface area contributed by atoms with E-state index in [1.54, 1.807) is 37.5 Å².